The van der Waals surface area contributed by atoms with Gasteiger partial charge in [-0.25, -0.2) is 9.59 Å². The third-order valence-corrected chi connectivity index (χ3v) is 3.66. The molecule has 0 spiro atoms. The summed E-state index contributed by atoms with van der Waals surface area (Å²) in [6, 6.07) is 4.25. The number of carbonyl (C=O) groups excluding carboxylic acids is 1. The Kier molecular flexibility index (Phi) is 4.18. The van der Waals surface area contributed by atoms with E-state index < -0.39 is 5.97 Å². The van der Waals surface area contributed by atoms with Gasteiger partial charge in [0, 0.05) is 23.3 Å². The minimum atomic E-state index is -1.08. The maximum Gasteiger partial charge on any atom is 0.335 e. The third kappa shape index (κ3) is 3.22. The lowest BCUT2D eigenvalue weighted by Crippen LogP contribution is -2.37. The van der Waals surface area contributed by atoms with Gasteiger partial charge in [-0.2, -0.15) is 0 Å². The number of halogens is 1. The van der Waals surface area contributed by atoms with Gasteiger partial charge in [0.1, 0.15) is 0 Å². The van der Waals surface area contributed by atoms with Crippen LogP contribution in [0, 0.1) is 5.92 Å². The van der Waals surface area contributed by atoms with E-state index >= 15 is 0 Å². The Hall–Kier alpha value is -1.75. The lowest BCUT2D eigenvalue weighted by Gasteiger charge is -2.22. The molecule has 0 bridgehead atoms. The fourth-order valence-electron chi connectivity index (χ4n) is 2.56. The van der Waals surface area contributed by atoms with E-state index in [1.165, 1.54) is 18.2 Å². The molecule has 0 aliphatic carbocycles. The zero-order valence-electron chi connectivity index (χ0n) is 11.4. The highest BCUT2D eigenvalue weighted by Crippen LogP contribution is 2.24. The molecular formula is C14H17ClN2O3. The fraction of sp³-hybridized carbons (Fsp3) is 0.429. The van der Waals surface area contributed by atoms with E-state index in [0.29, 0.717) is 18.2 Å². The number of nitrogens with zero attached hydrogens (tertiary/aromatic N) is 1. The molecule has 1 saturated heterocycles. The first-order chi connectivity index (χ1) is 9.36. The summed E-state index contributed by atoms with van der Waals surface area (Å²) in [5.74, 6) is -0.601. The summed E-state index contributed by atoms with van der Waals surface area (Å²) in [5.41, 5.74) is 0.447. The molecule has 2 rings (SSSR count). The van der Waals surface area contributed by atoms with Crippen LogP contribution in [0.5, 0.6) is 0 Å². The van der Waals surface area contributed by atoms with Gasteiger partial charge in [-0.15, -0.1) is 0 Å². The molecule has 0 saturated carbocycles. The summed E-state index contributed by atoms with van der Waals surface area (Å²) < 4.78 is 0. The molecule has 2 atom stereocenters. The Morgan fingerprint density at radius 3 is 2.60 bits per heavy atom. The summed E-state index contributed by atoms with van der Waals surface area (Å²) in [5, 5.41) is 12.0. The van der Waals surface area contributed by atoms with E-state index in [-0.39, 0.29) is 22.7 Å². The number of carboxylic acids is 1. The maximum atomic E-state index is 12.2. The molecule has 1 heterocycles. The smallest absolute Gasteiger partial charge is 0.335 e. The topological polar surface area (TPSA) is 69.6 Å². The zero-order chi connectivity index (χ0) is 14.9. The Morgan fingerprint density at radius 2 is 2.05 bits per heavy atom. The lowest BCUT2D eigenvalue weighted by molar-refractivity contribution is 0.0697. The van der Waals surface area contributed by atoms with Gasteiger partial charge < -0.3 is 15.3 Å². The van der Waals surface area contributed by atoms with Crippen LogP contribution >= 0.6 is 11.6 Å². The van der Waals surface area contributed by atoms with Crippen LogP contribution in [0.2, 0.25) is 5.02 Å². The van der Waals surface area contributed by atoms with Crippen molar-refractivity contribution in [2.75, 3.05) is 11.9 Å². The molecule has 2 amide bonds. The van der Waals surface area contributed by atoms with Crippen molar-refractivity contribution in [3.63, 3.8) is 0 Å². The number of urea groups is 1. The number of carbonyl (C=O) groups is 2. The molecule has 2 N–H and O–H groups in total. The van der Waals surface area contributed by atoms with Crippen LogP contribution in [0.4, 0.5) is 10.5 Å². The minimum Gasteiger partial charge on any atom is -0.478 e. The van der Waals surface area contributed by atoms with Gasteiger partial charge in [-0.05, 0) is 37.5 Å². The number of rotatable bonds is 2. The molecule has 1 aliphatic heterocycles. The first-order valence-electron chi connectivity index (χ1n) is 6.48. The van der Waals surface area contributed by atoms with E-state index in [4.69, 9.17) is 16.7 Å². The second-order valence-corrected chi connectivity index (χ2v) is 5.74. The largest absolute Gasteiger partial charge is 0.478 e. The molecule has 0 aromatic heterocycles. The highest BCUT2D eigenvalue weighted by Gasteiger charge is 2.29. The molecule has 6 heteroatoms. The Morgan fingerprint density at radius 1 is 1.35 bits per heavy atom. The predicted octanol–water partition coefficient (Wildman–Crippen LogP) is 3.30. The summed E-state index contributed by atoms with van der Waals surface area (Å²) in [6.07, 6.45) is 0.976. The molecule has 0 radical (unpaired) electrons. The van der Waals surface area contributed by atoms with Gasteiger partial charge in [-0.1, -0.05) is 18.5 Å². The van der Waals surface area contributed by atoms with E-state index in [1.807, 2.05) is 6.92 Å². The highest BCUT2D eigenvalue weighted by atomic mass is 35.5. The molecule has 1 aliphatic rings. The van der Waals surface area contributed by atoms with Crippen LogP contribution < -0.4 is 5.32 Å². The Bertz CT molecular complexity index is 547. The van der Waals surface area contributed by atoms with Crippen molar-refractivity contribution in [1.29, 1.82) is 0 Å². The van der Waals surface area contributed by atoms with Crippen LogP contribution in [0.25, 0.3) is 0 Å². The minimum absolute atomic E-state index is 0.0515. The number of carboxylic acid groups (broad SMARTS) is 1. The molecule has 5 nitrogen and oxygen atoms in total. The third-order valence-electron chi connectivity index (χ3n) is 3.44. The van der Waals surface area contributed by atoms with E-state index in [9.17, 15) is 9.59 Å². The summed E-state index contributed by atoms with van der Waals surface area (Å²) in [7, 11) is 0. The summed E-state index contributed by atoms with van der Waals surface area (Å²) >= 11 is 5.86. The number of likely N-dealkylation sites (tertiary alicyclic amines) is 1. The van der Waals surface area contributed by atoms with Crippen molar-refractivity contribution in [2.24, 2.45) is 5.92 Å². The van der Waals surface area contributed by atoms with Crippen LogP contribution in [-0.2, 0) is 0 Å². The number of hydrogen-bond donors (Lipinski definition) is 2. The maximum absolute atomic E-state index is 12.2. The normalized spacial score (nSPS) is 21.9. The quantitative estimate of drug-likeness (QED) is 0.879. The average Bonchev–Trinajstić information content (AvgIpc) is 2.67. The number of benzene rings is 1. The molecule has 1 fully saturated rings. The first kappa shape index (κ1) is 14.7. The molecule has 1 aromatic rings. The molecule has 20 heavy (non-hydrogen) atoms. The monoisotopic (exact) mass is 296 g/mol. The lowest BCUT2D eigenvalue weighted by atomic mass is 10.1. The van der Waals surface area contributed by atoms with Crippen molar-refractivity contribution in [3.8, 4) is 0 Å². The van der Waals surface area contributed by atoms with Crippen LogP contribution in [0.1, 0.15) is 30.6 Å². The Labute approximate surface area is 122 Å². The van der Waals surface area contributed by atoms with Crippen LogP contribution in [-0.4, -0.2) is 34.6 Å². The van der Waals surface area contributed by atoms with Crippen LogP contribution in [0.3, 0.4) is 0 Å². The molecule has 2 unspecified atom stereocenters. The van der Waals surface area contributed by atoms with Gasteiger partial charge in [0.2, 0.25) is 0 Å². The van der Waals surface area contributed by atoms with Gasteiger partial charge >= 0.3 is 12.0 Å². The van der Waals surface area contributed by atoms with E-state index in [2.05, 4.69) is 12.2 Å². The van der Waals surface area contributed by atoms with Crippen molar-refractivity contribution >= 4 is 29.3 Å². The van der Waals surface area contributed by atoms with Crippen molar-refractivity contribution in [3.05, 3.63) is 28.8 Å². The van der Waals surface area contributed by atoms with Gasteiger partial charge in [0.05, 0.1) is 5.56 Å². The summed E-state index contributed by atoms with van der Waals surface area (Å²) in [6.45, 7) is 4.81. The highest BCUT2D eigenvalue weighted by molar-refractivity contribution is 6.31. The standard InChI is InChI=1S/C14H17ClN2O3/c1-8-3-9(2)17(7-8)14(20)16-12-5-10(13(18)19)4-11(15)6-12/h4-6,8-9H,3,7H2,1-2H3,(H,16,20)(H,18,19). The number of hydrogen-bond acceptors (Lipinski definition) is 2. The van der Waals surface area contributed by atoms with Gasteiger partial charge in [0.15, 0.2) is 0 Å². The second-order valence-electron chi connectivity index (χ2n) is 5.31. The molecule has 1 aromatic carbocycles. The van der Waals surface area contributed by atoms with E-state index in [1.54, 1.807) is 4.90 Å². The van der Waals surface area contributed by atoms with E-state index in [0.717, 1.165) is 6.42 Å². The molecular weight excluding hydrogens is 280 g/mol. The van der Waals surface area contributed by atoms with Gasteiger partial charge in [0.25, 0.3) is 0 Å². The number of nitrogens with one attached hydrogen (secondary N) is 1. The number of anilines is 1. The van der Waals surface area contributed by atoms with Gasteiger partial charge in [-0.3, -0.25) is 0 Å². The number of amides is 2. The SMILES string of the molecule is CC1CC(C)N(C(=O)Nc2cc(Cl)cc(C(=O)O)c2)C1. The average molecular weight is 297 g/mol. The van der Waals surface area contributed by atoms with Crippen molar-refractivity contribution < 1.29 is 14.7 Å². The summed E-state index contributed by atoms with van der Waals surface area (Å²) in [4.78, 5) is 24.9. The van der Waals surface area contributed by atoms with Crippen molar-refractivity contribution in [2.45, 2.75) is 26.3 Å². The molecule has 108 valence electrons. The predicted molar refractivity (Wildman–Crippen MR) is 77.4 cm³/mol. The second kappa shape index (κ2) is 5.71. The van der Waals surface area contributed by atoms with Crippen molar-refractivity contribution in [1.82, 2.24) is 4.90 Å². The Balaban J connectivity index is 2.14. The van der Waals surface area contributed by atoms with Crippen LogP contribution in [0.15, 0.2) is 18.2 Å². The number of aromatic carboxylic acids is 1. The zero-order valence-corrected chi connectivity index (χ0v) is 12.1. The fourth-order valence-corrected chi connectivity index (χ4v) is 2.80. The first-order valence-corrected chi connectivity index (χ1v) is 6.86.